The third-order valence-corrected chi connectivity index (χ3v) is 7.16. The fraction of sp³-hybridized carbons (Fsp3) is 0.423. The molecular formula is C26H31N5O5. The van der Waals surface area contributed by atoms with Gasteiger partial charge in [0.15, 0.2) is 0 Å². The Morgan fingerprint density at radius 1 is 1.14 bits per heavy atom. The van der Waals surface area contributed by atoms with Crippen molar-refractivity contribution in [3.05, 3.63) is 63.7 Å². The van der Waals surface area contributed by atoms with Crippen molar-refractivity contribution in [1.82, 2.24) is 5.32 Å². The Balaban J connectivity index is 1.65. The number of nitrogens with two attached hydrogens (primary N) is 1. The number of nitro groups is 1. The number of carbonyl (C=O) groups is 3. The molecule has 2 aliphatic rings. The zero-order valence-electron chi connectivity index (χ0n) is 20.4. The van der Waals surface area contributed by atoms with Crippen LogP contribution in [0.4, 0.5) is 17.1 Å². The number of carbonyl (C=O) groups excluding carboxylic acids is 3. The number of hydrogen-bond donors (Lipinski definition) is 3. The number of amides is 3. The van der Waals surface area contributed by atoms with Crippen molar-refractivity contribution in [1.29, 1.82) is 0 Å². The van der Waals surface area contributed by atoms with Crippen molar-refractivity contribution < 1.29 is 19.3 Å². The van der Waals surface area contributed by atoms with Crippen LogP contribution in [0.1, 0.15) is 66.7 Å². The minimum atomic E-state index is -0.767. The van der Waals surface area contributed by atoms with Gasteiger partial charge in [0, 0.05) is 35.3 Å². The summed E-state index contributed by atoms with van der Waals surface area (Å²) in [6.45, 7) is 3.83. The summed E-state index contributed by atoms with van der Waals surface area (Å²) in [6, 6.07) is 9.66. The van der Waals surface area contributed by atoms with E-state index < -0.39 is 16.9 Å². The molecule has 1 aliphatic carbocycles. The van der Waals surface area contributed by atoms with Crippen LogP contribution in [-0.4, -0.2) is 40.8 Å². The van der Waals surface area contributed by atoms with Gasteiger partial charge < -0.3 is 16.4 Å². The van der Waals surface area contributed by atoms with Crippen molar-refractivity contribution in [2.24, 2.45) is 11.7 Å². The maximum absolute atomic E-state index is 13.6. The number of anilines is 2. The highest BCUT2D eigenvalue weighted by Crippen LogP contribution is 2.37. The molecule has 4 N–H and O–H groups in total. The second-order valence-electron chi connectivity index (χ2n) is 9.62. The highest BCUT2D eigenvalue weighted by molar-refractivity contribution is 6.17. The molecule has 1 saturated carbocycles. The average molecular weight is 494 g/mol. The lowest BCUT2D eigenvalue weighted by Crippen LogP contribution is -2.54. The van der Waals surface area contributed by atoms with E-state index in [0.29, 0.717) is 23.4 Å². The van der Waals surface area contributed by atoms with E-state index in [4.69, 9.17) is 5.73 Å². The number of benzene rings is 2. The van der Waals surface area contributed by atoms with E-state index in [9.17, 15) is 24.5 Å². The first-order chi connectivity index (χ1) is 17.2. The van der Waals surface area contributed by atoms with Gasteiger partial charge in [-0.05, 0) is 61.9 Å². The van der Waals surface area contributed by atoms with Gasteiger partial charge in [-0.2, -0.15) is 0 Å². The van der Waals surface area contributed by atoms with Gasteiger partial charge in [0.25, 0.3) is 17.5 Å². The third kappa shape index (κ3) is 5.08. The number of nitrogens with zero attached hydrogens (tertiary/aromatic N) is 2. The van der Waals surface area contributed by atoms with E-state index in [0.717, 1.165) is 25.7 Å². The standard InChI is InChI=1S/C26H31N5O5/c1-3-15(2)23-25(33)29-21-14-17(24(32)28-19-9-7-18(27)8-10-19)6-13-22(21)30(23)26(34)16-4-11-20(12-5-16)31(35)36/h4-6,11-15,18-19,23H,3,7-10,27H2,1-2H3,(H,28,32)(H,29,33). The molecule has 3 amide bonds. The van der Waals surface area contributed by atoms with Crippen molar-refractivity contribution in [3.8, 4) is 0 Å². The molecule has 10 heteroatoms. The SMILES string of the molecule is CCC(C)C1C(=O)Nc2cc(C(=O)NC3CCC(N)CC3)ccc2N1C(=O)c1ccc([N+](=O)[O-])cc1. The van der Waals surface area contributed by atoms with E-state index in [1.54, 1.807) is 18.2 Å². The summed E-state index contributed by atoms with van der Waals surface area (Å²) >= 11 is 0. The van der Waals surface area contributed by atoms with Crippen LogP contribution in [0.25, 0.3) is 0 Å². The summed E-state index contributed by atoms with van der Waals surface area (Å²) in [4.78, 5) is 51.6. The van der Waals surface area contributed by atoms with Crippen LogP contribution < -0.4 is 21.3 Å². The van der Waals surface area contributed by atoms with Crippen molar-refractivity contribution >= 4 is 34.8 Å². The molecule has 2 aromatic rings. The second kappa shape index (κ2) is 10.4. The lowest BCUT2D eigenvalue weighted by Gasteiger charge is -2.39. The predicted molar refractivity (Wildman–Crippen MR) is 136 cm³/mol. The first kappa shape index (κ1) is 25.3. The number of hydrogen-bond acceptors (Lipinski definition) is 6. The third-order valence-electron chi connectivity index (χ3n) is 7.16. The fourth-order valence-electron chi connectivity index (χ4n) is 4.83. The zero-order valence-corrected chi connectivity index (χ0v) is 20.4. The van der Waals surface area contributed by atoms with Crippen LogP contribution in [0.5, 0.6) is 0 Å². The summed E-state index contributed by atoms with van der Waals surface area (Å²) in [7, 11) is 0. The van der Waals surface area contributed by atoms with Crippen LogP contribution in [0.3, 0.4) is 0 Å². The Kier molecular flexibility index (Phi) is 7.35. The van der Waals surface area contributed by atoms with Crippen molar-refractivity contribution in [2.45, 2.75) is 64.1 Å². The Labute approximate surface area is 209 Å². The van der Waals surface area contributed by atoms with Gasteiger partial charge in [0.1, 0.15) is 6.04 Å². The summed E-state index contributed by atoms with van der Waals surface area (Å²) in [5.41, 5.74) is 7.28. The van der Waals surface area contributed by atoms with Gasteiger partial charge in [-0.15, -0.1) is 0 Å². The normalized spacial score (nSPS) is 22.2. The monoisotopic (exact) mass is 493 g/mol. The molecule has 0 radical (unpaired) electrons. The molecule has 2 aromatic carbocycles. The molecule has 1 fully saturated rings. The summed E-state index contributed by atoms with van der Waals surface area (Å²) in [5.74, 6) is -1.18. The number of fused-ring (bicyclic) bond motifs is 1. The Bertz CT molecular complexity index is 1170. The summed E-state index contributed by atoms with van der Waals surface area (Å²) in [6.07, 6.45) is 4.03. The highest BCUT2D eigenvalue weighted by atomic mass is 16.6. The highest BCUT2D eigenvalue weighted by Gasteiger charge is 2.40. The van der Waals surface area contributed by atoms with Crippen LogP contribution in [0.2, 0.25) is 0 Å². The van der Waals surface area contributed by atoms with E-state index in [1.165, 1.54) is 29.2 Å². The fourth-order valence-corrected chi connectivity index (χ4v) is 4.83. The Morgan fingerprint density at radius 2 is 1.78 bits per heavy atom. The predicted octanol–water partition coefficient (Wildman–Crippen LogP) is 3.61. The molecule has 4 rings (SSSR count). The quantitative estimate of drug-likeness (QED) is 0.414. The number of nitrogens with one attached hydrogen (secondary N) is 2. The summed E-state index contributed by atoms with van der Waals surface area (Å²) in [5, 5.41) is 16.9. The van der Waals surface area contributed by atoms with Crippen LogP contribution >= 0.6 is 0 Å². The summed E-state index contributed by atoms with van der Waals surface area (Å²) < 4.78 is 0. The van der Waals surface area contributed by atoms with Gasteiger partial charge in [0.2, 0.25) is 5.91 Å². The van der Waals surface area contributed by atoms with Crippen LogP contribution in [0, 0.1) is 16.0 Å². The Hall–Kier alpha value is -3.79. The molecule has 36 heavy (non-hydrogen) atoms. The lowest BCUT2D eigenvalue weighted by atomic mass is 9.91. The van der Waals surface area contributed by atoms with Crippen LogP contribution in [-0.2, 0) is 4.79 Å². The minimum absolute atomic E-state index is 0.0536. The molecular weight excluding hydrogens is 462 g/mol. The smallest absolute Gasteiger partial charge is 0.269 e. The van der Waals surface area contributed by atoms with E-state index >= 15 is 0 Å². The molecule has 0 bridgehead atoms. The molecule has 10 nitrogen and oxygen atoms in total. The van der Waals surface area contributed by atoms with Crippen molar-refractivity contribution in [3.63, 3.8) is 0 Å². The first-order valence-corrected chi connectivity index (χ1v) is 12.3. The van der Waals surface area contributed by atoms with Gasteiger partial charge in [-0.25, -0.2) is 0 Å². The van der Waals surface area contributed by atoms with Crippen molar-refractivity contribution in [2.75, 3.05) is 10.2 Å². The maximum atomic E-state index is 13.6. The molecule has 0 spiro atoms. The zero-order chi connectivity index (χ0) is 26.0. The second-order valence-corrected chi connectivity index (χ2v) is 9.62. The number of nitro benzene ring substituents is 1. The first-order valence-electron chi connectivity index (χ1n) is 12.3. The maximum Gasteiger partial charge on any atom is 0.269 e. The Morgan fingerprint density at radius 3 is 2.39 bits per heavy atom. The molecule has 0 saturated heterocycles. The lowest BCUT2D eigenvalue weighted by molar-refractivity contribution is -0.384. The van der Waals surface area contributed by atoms with E-state index in [1.807, 2.05) is 13.8 Å². The van der Waals surface area contributed by atoms with Gasteiger partial charge in [0.05, 0.1) is 16.3 Å². The number of rotatable bonds is 6. The topological polar surface area (TPSA) is 148 Å². The van der Waals surface area contributed by atoms with Gasteiger partial charge in [-0.3, -0.25) is 29.4 Å². The molecule has 190 valence electrons. The van der Waals surface area contributed by atoms with E-state index in [2.05, 4.69) is 10.6 Å². The van der Waals surface area contributed by atoms with Gasteiger partial charge >= 0.3 is 0 Å². The largest absolute Gasteiger partial charge is 0.349 e. The van der Waals surface area contributed by atoms with Crippen LogP contribution in [0.15, 0.2) is 42.5 Å². The van der Waals surface area contributed by atoms with E-state index in [-0.39, 0.29) is 41.1 Å². The molecule has 2 unspecified atom stereocenters. The minimum Gasteiger partial charge on any atom is -0.349 e. The molecule has 2 atom stereocenters. The molecule has 1 heterocycles. The molecule has 1 aliphatic heterocycles. The van der Waals surface area contributed by atoms with Gasteiger partial charge in [-0.1, -0.05) is 20.3 Å². The number of non-ortho nitro benzene ring substituents is 1. The molecule has 0 aromatic heterocycles. The average Bonchev–Trinajstić information content (AvgIpc) is 2.88.